The molecule has 1 saturated carbocycles. The van der Waals surface area contributed by atoms with Crippen LogP contribution in [0.15, 0.2) is 0 Å². The van der Waals surface area contributed by atoms with E-state index in [1.165, 1.54) is 38.8 Å². The Balaban J connectivity index is 2.41. The molecule has 0 heterocycles. The van der Waals surface area contributed by atoms with Crippen LogP contribution in [0.2, 0.25) is 0 Å². The zero-order valence-electron chi connectivity index (χ0n) is 12.7. The van der Waals surface area contributed by atoms with Crippen LogP contribution < -0.4 is 0 Å². The van der Waals surface area contributed by atoms with Gasteiger partial charge in [-0.3, -0.25) is 0 Å². The molecule has 2 nitrogen and oxygen atoms in total. The van der Waals surface area contributed by atoms with Gasteiger partial charge in [-0.05, 0) is 56.0 Å². The maximum absolute atomic E-state index is 8.92. The first kappa shape index (κ1) is 15.5. The lowest BCUT2D eigenvalue weighted by Gasteiger charge is -2.27. The van der Waals surface area contributed by atoms with Gasteiger partial charge in [0, 0.05) is 13.0 Å². The molecule has 1 aliphatic carbocycles. The van der Waals surface area contributed by atoms with Crippen molar-refractivity contribution in [2.45, 2.75) is 59.8 Å². The van der Waals surface area contributed by atoms with Gasteiger partial charge in [0.15, 0.2) is 0 Å². The van der Waals surface area contributed by atoms with E-state index in [0.29, 0.717) is 5.41 Å². The van der Waals surface area contributed by atoms with Crippen molar-refractivity contribution in [3.05, 3.63) is 0 Å². The van der Waals surface area contributed by atoms with Crippen LogP contribution in [0.25, 0.3) is 0 Å². The highest BCUT2D eigenvalue weighted by Crippen LogP contribution is 2.49. The first-order valence-electron chi connectivity index (χ1n) is 7.57. The smallest absolute Gasteiger partial charge is 0.0628 e. The summed E-state index contributed by atoms with van der Waals surface area (Å²) in [6, 6.07) is 2.38. The third-order valence-electron chi connectivity index (χ3n) is 4.02. The molecule has 104 valence electrons. The first-order chi connectivity index (χ1) is 8.47. The minimum Gasteiger partial charge on any atom is -0.303 e. The van der Waals surface area contributed by atoms with Crippen LogP contribution in [0.1, 0.15) is 59.8 Å². The van der Waals surface area contributed by atoms with Crippen molar-refractivity contribution in [1.29, 1.82) is 5.26 Å². The highest BCUT2D eigenvalue weighted by molar-refractivity contribution is 5.01. The Kier molecular flexibility index (Phi) is 6.15. The first-order valence-corrected chi connectivity index (χ1v) is 7.57. The minimum absolute atomic E-state index is 0.364. The van der Waals surface area contributed by atoms with Crippen molar-refractivity contribution in [1.82, 2.24) is 4.90 Å². The summed E-state index contributed by atoms with van der Waals surface area (Å²) in [6.45, 7) is 12.7. The van der Waals surface area contributed by atoms with Gasteiger partial charge in [-0.15, -0.1) is 0 Å². The second kappa shape index (κ2) is 7.14. The van der Waals surface area contributed by atoms with Crippen LogP contribution in [-0.2, 0) is 0 Å². The monoisotopic (exact) mass is 250 g/mol. The molecule has 0 radical (unpaired) electrons. The second-order valence-electron chi connectivity index (χ2n) is 6.98. The zero-order chi connectivity index (χ0) is 13.6. The van der Waals surface area contributed by atoms with Gasteiger partial charge in [0.25, 0.3) is 0 Å². The third-order valence-corrected chi connectivity index (χ3v) is 4.02. The number of nitriles is 1. The van der Waals surface area contributed by atoms with Crippen molar-refractivity contribution >= 4 is 0 Å². The average Bonchev–Trinajstić information content (AvgIpc) is 3.02. The van der Waals surface area contributed by atoms with Crippen LogP contribution in [0.3, 0.4) is 0 Å². The van der Waals surface area contributed by atoms with E-state index in [1.807, 2.05) is 0 Å². The Hall–Kier alpha value is -0.550. The van der Waals surface area contributed by atoms with Gasteiger partial charge in [0.2, 0.25) is 0 Å². The lowest BCUT2D eigenvalue weighted by molar-refractivity contribution is 0.200. The molecule has 0 aromatic rings. The van der Waals surface area contributed by atoms with Crippen LogP contribution in [0, 0.1) is 28.6 Å². The fraction of sp³-hybridized carbons (Fsp3) is 0.938. The van der Waals surface area contributed by atoms with Crippen molar-refractivity contribution in [2.24, 2.45) is 17.3 Å². The quantitative estimate of drug-likeness (QED) is 0.616. The molecule has 0 unspecified atom stereocenters. The molecule has 1 fully saturated rings. The Morgan fingerprint density at radius 1 is 1.06 bits per heavy atom. The Morgan fingerprint density at radius 2 is 1.56 bits per heavy atom. The van der Waals surface area contributed by atoms with Gasteiger partial charge in [-0.25, -0.2) is 0 Å². The van der Waals surface area contributed by atoms with E-state index in [0.717, 1.165) is 24.8 Å². The molecule has 0 amide bonds. The van der Waals surface area contributed by atoms with Crippen LogP contribution in [0.5, 0.6) is 0 Å². The lowest BCUT2D eigenvalue weighted by Crippen LogP contribution is -2.33. The summed E-state index contributed by atoms with van der Waals surface area (Å²) in [5, 5.41) is 8.92. The standard InChI is InChI=1S/C16H30N2/c1-14(2)5-11-18(12-6-15(3)4)13-16(7-8-16)9-10-17/h14-15H,5-9,11-13H2,1-4H3. The topological polar surface area (TPSA) is 27.0 Å². The number of hydrogen-bond acceptors (Lipinski definition) is 2. The summed E-state index contributed by atoms with van der Waals surface area (Å²) < 4.78 is 0. The Morgan fingerprint density at radius 3 is 1.89 bits per heavy atom. The molecule has 0 spiro atoms. The van der Waals surface area contributed by atoms with E-state index in [4.69, 9.17) is 5.26 Å². The normalized spacial score (nSPS) is 17.4. The SMILES string of the molecule is CC(C)CCN(CCC(C)C)CC1(CC#N)CC1. The highest BCUT2D eigenvalue weighted by Gasteiger charge is 2.43. The summed E-state index contributed by atoms with van der Waals surface area (Å²) in [7, 11) is 0. The van der Waals surface area contributed by atoms with Gasteiger partial charge in [-0.2, -0.15) is 5.26 Å². The largest absolute Gasteiger partial charge is 0.303 e. The average molecular weight is 250 g/mol. The maximum atomic E-state index is 8.92. The van der Waals surface area contributed by atoms with Gasteiger partial charge in [-0.1, -0.05) is 27.7 Å². The molecule has 18 heavy (non-hydrogen) atoms. The third kappa shape index (κ3) is 5.87. The van der Waals surface area contributed by atoms with E-state index in [2.05, 4.69) is 38.7 Å². The van der Waals surface area contributed by atoms with Crippen molar-refractivity contribution in [3.8, 4) is 6.07 Å². The fourth-order valence-corrected chi connectivity index (χ4v) is 2.36. The molecule has 2 heteroatoms. The number of rotatable bonds is 9. The van der Waals surface area contributed by atoms with E-state index < -0.39 is 0 Å². The molecule has 0 aliphatic heterocycles. The molecule has 0 atom stereocenters. The van der Waals surface area contributed by atoms with E-state index in [1.54, 1.807) is 0 Å². The molecule has 0 aromatic heterocycles. The maximum Gasteiger partial charge on any atom is 0.0628 e. The Labute approximate surface area is 113 Å². The molecule has 0 aromatic carbocycles. The van der Waals surface area contributed by atoms with Gasteiger partial charge in [0.05, 0.1) is 6.07 Å². The van der Waals surface area contributed by atoms with Crippen LogP contribution >= 0.6 is 0 Å². The molecular weight excluding hydrogens is 220 g/mol. The van der Waals surface area contributed by atoms with Gasteiger partial charge >= 0.3 is 0 Å². The summed E-state index contributed by atoms with van der Waals surface area (Å²) in [4.78, 5) is 2.62. The molecule has 0 bridgehead atoms. The summed E-state index contributed by atoms with van der Waals surface area (Å²) in [5.74, 6) is 1.55. The summed E-state index contributed by atoms with van der Waals surface area (Å²) in [6.07, 6.45) is 5.84. The highest BCUT2D eigenvalue weighted by atomic mass is 15.1. The zero-order valence-corrected chi connectivity index (χ0v) is 12.7. The molecule has 1 aliphatic rings. The molecule has 0 saturated heterocycles. The van der Waals surface area contributed by atoms with Crippen molar-refractivity contribution < 1.29 is 0 Å². The fourth-order valence-electron chi connectivity index (χ4n) is 2.36. The van der Waals surface area contributed by atoms with E-state index in [-0.39, 0.29) is 0 Å². The second-order valence-corrected chi connectivity index (χ2v) is 6.98. The lowest BCUT2D eigenvalue weighted by atomic mass is 10.0. The van der Waals surface area contributed by atoms with Crippen molar-refractivity contribution in [3.63, 3.8) is 0 Å². The minimum atomic E-state index is 0.364. The summed E-state index contributed by atoms with van der Waals surface area (Å²) in [5.41, 5.74) is 0.364. The Bertz CT molecular complexity index is 259. The van der Waals surface area contributed by atoms with E-state index >= 15 is 0 Å². The summed E-state index contributed by atoms with van der Waals surface area (Å²) >= 11 is 0. The van der Waals surface area contributed by atoms with E-state index in [9.17, 15) is 0 Å². The predicted octanol–water partition coefficient (Wildman–Crippen LogP) is 4.07. The van der Waals surface area contributed by atoms with Crippen LogP contribution in [0.4, 0.5) is 0 Å². The predicted molar refractivity (Wildman–Crippen MR) is 77.2 cm³/mol. The van der Waals surface area contributed by atoms with Gasteiger partial charge < -0.3 is 4.90 Å². The van der Waals surface area contributed by atoms with Crippen LogP contribution in [-0.4, -0.2) is 24.5 Å². The molecular formula is C16H30N2. The number of nitrogens with zero attached hydrogens (tertiary/aromatic N) is 2. The molecule has 1 rings (SSSR count). The molecule has 0 N–H and O–H groups in total. The number of hydrogen-bond donors (Lipinski definition) is 0. The van der Waals surface area contributed by atoms with Crippen molar-refractivity contribution in [2.75, 3.05) is 19.6 Å². The van der Waals surface area contributed by atoms with Gasteiger partial charge in [0.1, 0.15) is 0 Å².